The number of amides is 1. The molecule has 0 aromatic heterocycles. The van der Waals surface area contributed by atoms with Gasteiger partial charge in [0.25, 0.3) is 0 Å². The highest BCUT2D eigenvalue weighted by atomic mass is 79.9. The van der Waals surface area contributed by atoms with Gasteiger partial charge in [0.05, 0.1) is 6.42 Å². The van der Waals surface area contributed by atoms with Crippen LogP contribution in [0.2, 0.25) is 0 Å². The molecule has 3 nitrogen and oxygen atoms in total. The molecule has 1 aliphatic rings. The third-order valence-electron chi connectivity index (χ3n) is 3.77. The number of fused-ring (bicyclic) bond motifs is 1. The van der Waals surface area contributed by atoms with Crippen molar-refractivity contribution in [2.24, 2.45) is 0 Å². The lowest BCUT2D eigenvalue weighted by Gasteiger charge is -2.16. The topological polar surface area (TPSA) is 40.5 Å². The second-order valence-electron chi connectivity index (χ2n) is 5.06. The number of aliphatic hydroxyl groups excluding tert-OH is 1. The molecule has 0 aliphatic carbocycles. The molecular weight excluding hydrogens is 337 g/mol. The van der Waals surface area contributed by atoms with Crippen LogP contribution in [0, 0.1) is 5.82 Å². The fraction of sp³-hybridized carbons (Fsp3) is 0.188. The van der Waals surface area contributed by atoms with E-state index in [9.17, 15) is 14.3 Å². The van der Waals surface area contributed by atoms with Gasteiger partial charge in [-0.05, 0) is 29.3 Å². The minimum absolute atomic E-state index is 0.0173. The van der Waals surface area contributed by atoms with Crippen molar-refractivity contribution in [3.63, 3.8) is 0 Å². The lowest BCUT2D eigenvalue weighted by Crippen LogP contribution is -2.20. The highest BCUT2D eigenvalue weighted by Gasteiger charge is 2.26. The van der Waals surface area contributed by atoms with Crippen molar-refractivity contribution in [3.8, 4) is 0 Å². The minimum Gasteiger partial charge on any atom is -0.384 e. The van der Waals surface area contributed by atoms with Gasteiger partial charge in [-0.3, -0.25) is 4.79 Å². The van der Waals surface area contributed by atoms with Crippen molar-refractivity contribution < 1.29 is 14.3 Å². The Morgan fingerprint density at radius 1 is 1.33 bits per heavy atom. The fourth-order valence-electron chi connectivity index (χ4n) is 2.60. The molecule has 0 saturated heterocycles. The average Bonchev–Trinajstić information content (AvgIpc) is 2.73. The molecule has 3 rings (SSSR count). The second kappa shape index (κ2) is 5.24. The van der Waals surface area contributed by atoms with E-state index in [-0.39, 0.29) is 11.5 Å². The summed E-state index contributed by atoms with van der Waals surface area (Å²) in [5.41, 5.74) is 2.47. The quantitative estimate of drug-likeness (QED) is 0.904. The Bertz CT molecular complexity index is 712. The molecule has 5 heteroatoms. The van der Waals surface area contributed by atoms with E-state index >= 15 is 0 Å². The molecule has 108 valence electrons. The Labute approximate surface area is 130 Å². The Morgan fingerprint density at radius 2 is 2.10 bits per heavy atom. The van der Waals surface area contributed by atoms with E-state index in [1.165, 1.54) is 6.07 Å². The summed E-state index contributed by atoms with van der Waals surface area (Å²) in [7, 11) is 1.72. The van der Waals surface area contributed by atoms with Crippen LogP contribution in [0.1, 0.15) is 22.8 Å². The highest BCUT2D eigenvalue weighted by Crippen LogP contribution is 2.35. The predicted octanol–water partition coefficient (Wildman–Crippen LogP) is 3.19. The molecule has 0 spiro atoms. The molecule has 2 aromatic rings. The maximum Gasteiger partial charge on any atom is 0.231 e. The summed E-state index contributed by atoms with van der Waals surface area (Å²) in [6.45, 7) is 0. The molecular formula is C16H13BrFNO2. The van der Waals surface area contributed by atoms with Gasteiger partial charge in [-0.15, -0.1) is 0 Å². The lowest BCUT2D eigenvalue weighted by atomic mass is 9.98. The van der Waals surface area contributed by atoms with E-state index < -0.39 is 11.9 Å². The Hall–Kier alpha value is -1.72. The number of aliphatic hydroxyl groups is 1. The molecule has 0 saturated carbocycles. The lowest BCUT2D eigenvalue weighted by molar-refractivity contribution is -0.117. The van der Waals surface area contributed by atoms with Crippen molar-refractivity contribution in [3.05, 3.63) is 63.4 Å². The fourth-order valence-corrected chi connectivity index (χ4v) is 3.16. The normalized spacial score (nSPS) is 15.2. The molecule has 1 unspecified atom stereocenters. The van der Waals surface area contributed by atoms with Gasteiger partial charge in [-0.2, -0.15) is 0 Å². The van der Waals surface area contributed by atoms with E-state index in [2.05, 4.69) is 15.9 Å². The van der Waals surface area contributed by atoms with Crippen molar-refractivity contribution in [1.29, 1.82) is 0 Å². The molecule has 1 heterocycles. The van der Waals surface area contributed by atoms with Gasteiger partial charge in [0.15, 0.2) is 0 Å². The third-order valence-corrected chi connectivity index (χ3v) is 4.46. The van der Waals surface area contributed by atoms with E-state index in [0.29, 0.717) is 16.5 Å². The number of benzene rings is 2. The van der Waals surface area contributed by atoms with Gasteiger partial charge < -0.3 is 10.0 Å². The molecule has 1 atom stereocenters. The first-order valence-corrected chi connectivity index (χ1v) is 7.29. The smallest absolute Gasteiger partial charge is 0.231 e. The van der Waals surface area contributed by atoms with E-state index in [0.717, 1.165) is 11.3 Å². The summed E-state index contributed by atoms with van der Waals surface area (Å²) in [6.07, 6.45) is -0.767. The van der Waals surface area contributed by atoms with Crippen molar-refractivity contribution in [2.75, 3.05) is 11.9 Å². The van der Waals surface area contributed by atoms with E-state index in [1.54, 1.807) is 42.3 Å². The van der Waals surface area contributed by atoms with Gasteiger partial charge in [0, 0.05) is 22.8 Å². The zero-order chi connectivity index (χ0) is 15.1. The summed E-state index contributed by atoms with van der Waals surface area (Å²) in [6, 6.07) is 9.84. The average molecular weight is 350 g/mol. The first kappa shape index (κ1) is 14.2. The highest BCUT2D eigenvalue weighted by molar-refractivity contribution is 9.10. The first-order valence-electron chi connectivity index (χ1n) is 6.50. The van der Waals surface area contributed by atoms with Gasteiger partial charge in [-0.25, -0.2) is 4.39 Å². The van der Waals surface area contributed by atoms with Crippen molar-refractivity contribution in [1.82, 2.24) is 0 Å². The first-order chi connectivity index (χ1) is 9.99. The molecule has 0 radical (unpaired) electrons. The Morgan fingerprint density at radius 3 is 2.81 bits per heavy atom. The van der Waals surface area contributed by atoms with Crippen LogP contribution in [-0.2, 0) is 11.2 Å². The number of nitrogens with zero attached hydrogens (tertiary/aromatic N) is 1. The largest absolute Gasteiger partial charge is 0.384 e. The van der Waals surface area contributed by atoms with Gasteiger partial charge in [0.2, 0.25) is 5.91 Å². The van der Waals surface area contributed by atoms with Crippen LogP contribution in [0.4, 0.5) is 10.1 Å². The molecule has 1 aliphatic heterocycles. The van der Waals surface area contributed by atoms with Crippen LogP contribution >= 0.6 is 15.9 Å². The second-order valence-corrected chi connectivity index (χ2v) is 5.91. The van der Waals surface area contributed by atoms with E-state index in [1.807, 2.05) is 0 Å². The van der Waals surface area contributed by atoms with E-state index in [4.69, 9.17) is 0 Å². The molecule has 21 heavy (non-hydrogen) atoms. The summed E-state index contributed by atoms with van der Waals surface area (Å²) in [5, 5.41) is 10.4. The summed E-state index contributed by atoms with van der Waals surface area (Å²) in [4.78, 5) is 13.3. The molecule has 1 amide bonds. The standard InChI is InChI=1S/C16H13BrFNO2/c1-19-13-6-5-9(7-10(13)8-14(19)20)16(21)15-11(17)3-2-4-12(15)18/h2-7,16,21H,8H2,1H3. The minimum atomic E-state index is -1.08. The number of carbonyl (C=O) groups excluding carboxylic acids is 1. The Balaban J connectivity index is 2.02. The van der Waals surface area contributed by atoms with Gasteiger partial charge in [-0.1, -0.05) is 34.1 Å². The van der Waals surface area contributed by atoms with Crippen molar-refractivity contribution >= 4 is 27.5 Å². The monoisotopic (exact) mass is 349 g/mol. The van der Waals surface area contributed by atoms with Gasteiger partial charge >= 0.3 is 0 Å². The third kappa shape index (κ3) is 2.36. The molecule has 2 aromatic carbocycles. The SMILES string of the molecule is CN1C(=O)Cc2cc(C(O)c3c(F)cccc3Br)ccc21. The predicted molar refractivity (Wildman–Crippen MR) is 81.7 cm³/mol. The Kier molecular flexibility index (Phi) is 3.55. The number of hydrogen-bond donors (Lipinski definition) is 1. The summed E-state index contributed by atoms with van der Waals surface area (Å²) < 4.78 is 14.4. The molecule has 1 N–H and O–H groups in total. The molecule has 0 fully saturated rings. The molecule has 0 bridgehead atoms. The number of carbonyl (C=O) groups is 1. The van der Waals surface area contributed by atoms with Crippen LogP contribution in [0.25, 0.3) is 0 Å². The van der Waals surface area contributed by atoms with Crippen LogP contribution in [0.5, 0.6) is 0 Å². The number of likely N-dealkylation sites (N-methyl/N-ethyl adjacent to an activating group) is 1. The van der Waals surface area contributed by atoms with Crippen LogP contribution in [-0.4, -0.2) is 18.1 Å². The van der Waals surface area contributed by atoms with Crippen LogP contribution < -0.4 is 4.90 Å². The maximum absolute atomic E-state index is 13.9. The number of halogens is 2. The summed E-state index contributed by atoms with van der Waals surface area (Å²) in [5.74, 6) is -0.450. The number of anilines is 1. The van der Waals surface area contributed by atoms with Gasteiger partial charge in [0.1, 0.15) is 11.9 Å². The van der Waals surface area contributed by atoms with Crippen LogP contribution in [0.3, 0.4) is 0 Å². The maximum atomic E-state index is 13.9. The van der Waals surface area contributed by atoms with Crippen molar-refractivity contribution in [2.45, 2.75) is 12.5 Å². The zero-order valence-corrected chi connectivity index (χ0v) is 12.9. The number of rotatable bonds is 2. The summed E-state index contributed by atoms with van der Waals surface area (Å²) >= 11 is 3.26. The zero-order valence-electron chi connectivity index (χ0n) is 11.3. The van der Waals surface area contributed by atoms with Crippen LogP contribution in [0.15, 0.2) is 40.9 Å². The number of hydrogen-bond acceptors (Lipinski definition) is 2.